The van der Waals surface area contributed by atoms with Crippen molar-refractivity contribution in [3.63, 3.8) is 0 Å². The molecule has 0 saturated carbocycles. The maximum atomic E-state index is 11.0. The maximum Gasteiger partial charge on any atom is 0.292 e. The van der Waals surface area contributed by atoms with Crippen molar-refractivity contribution in [2.75, 3.05) is 11.9 Å². The Balaban J connectivity index is 2.09. The number of nitrogens with zero attached hydrogens (tertiary/aromatic N) is 2. The number of nitrogens with one attached hydrogen (secondary N) is 1. The number of anilines is 1. The van der Waals surface area contributed by atoms with E-state index >= 15 is 0 Å². The van der Waals surface area contributed by atoms with Crippen LogP contribution in [0.1, 0.15) is 24.5 Å². The van der Waals surface area contributed by atoms with E-state index in [1.165, 1.54) is 18.2 Å². The third kappa shape index (κ3) is 4.05. The molecule has 1 atom stereocenters. The number of nitro benzene ring substituents is 1. The number of aliphatic hydroxyl groups is 1. The Labute approximate surface area is 134 Å². The van der Waals surface area contributed by atoms with Crippen molar-refractivity contribution in [1.29, 1.82) is 5.26 Å². The van der Waals surface area contributed by atoms with Gasteiger partial charge in [-0.05, 0) is 31.0 Å². The van der Waals surface area contributed by atoms with Gasteiger partial charge in [0.25, 0.3) is 5.69 Å². The summed E-state index contributed by atoms with van der Waals surface area (Å²) in [5, 5.41) is 33.4. The molecule has 0 heterocycles. The van der Waals surface area contributed by atoms with Gasteiger partial charge in [0.2, 0.25) is 0 Å². The molecule has 2 aromatic rings. The molecule has 23 heavy (non-hydrogen) atoms. The van der Waals surface area contributed by atoms with Gasteiger partial charge in [0, 0.05) is 12.6 Å². The highest BCUT2D eigenvalue weighted by Crippen LogP contribution is 2.27. The van der Waals surface area contributed by atoms with Gasteiger partial charge in [0.05, 0.1) is 22.2 Å². The molecule has 0 aliphatic carbocycles. The molecule has 0 fully saturated rings. The predicted octanol–water partition coefficient (Wildman–Crippen LogP) is 3.18. The fourth-order valence-corrected chi connectivity index (χ4v) is 2.29. The molecule has 118 valence electrons. The summed E-state index contributed by atoms with van der Waals surface area (Å²) in [4.78, 5) is 10.5. The van der Waals surface area contributed by atoms with Crippen LogP contribution in [0.5, 0.6) is 0 Å². The van der Waals surface area contributed by atoms with E-state index in [4.69, 9.17) is 5.26 Å². The van der Waals surface area contributed by atoms with Gasteiger partial charge in [0.1, 0.15) is 5.69 Å². The monoisotopic (exact) mass is 311 g/mol. The third-order valence-electron chi connectivity index (χ3n) is 3.65. The average Bonchev–Trinajstić information content (AvgIpc) is 2.55. The van der Waals surface area contributed by atoms with Crippen LogP contribution in [0.3, 0.4) is 0 Å². The summed E-state index contributed by atoms with van der Waals surface area (Å²) >= 11 is 0. The smallest absolute Gasteiger partial charge is 0.292 e. The Morgan fingerprint density at radius 2 is 2.00 bits per heavy atom. The fourth-order valence-electron chi connectivity index (χ4n) is 2.29. The maximum absolute atomic E-state index is 11.0. The number of rotatable bonds is 6. The van der Waals surface area contributed by atoms with Crippen LogP contribution in [0, 0.1) is 21.4 Å². The number of nitro groups is 1. The van der Waals surface area contributed by atoms with Crippen molar-refractivity contribution in [1.82, 2.24) is 0 Å². The summed E-state index contributed by atoms with van der Waals surface area (Å²) < 4.78 is 0. The zero-order chi connectivity index (χ0) is 16.9. The largest absolute Gasteiger partial charge is 0.385 e. The SMILES string of the molecule is CC(O)(CCNc1cc(C#N)ccc1[N+](=O)[O-])c1ccccc1. The molecule has 0 aromatic heterocycles. The molecule has 0 bridgehead atoms. The van der Waals surface area contributed by atoms with Crippen LogP contribution >= 0.6 is 0 Å². The molecule has 1 unspecified atom stereocenters. The second kappa shape index (κ2) is 6.90. The average molecular weight is 311 g/mol. The van der Waals surface area contributed by atoms with Crippen molar-refractivity contribution in [2.24, 2.45) is 0 Å². The lowest BCUT2D eigenvalue weighted by molar-refractivity contribution is -0.384. The Morgan fingerprint density at radius 1 is 1.30 bits per heavy atom. The lowest BCUT2D eigenvalue weighted by Gasteiger charge is -2.24. The zero-order valence-corrected chi connectivity index (χ0v) is 12.7. The van der Waals surface area contributed by atoms with Crippen molar-refractivity contribution >= 4 is 11.4 Å². The molecule has 2 aromatic carbocycles. The lowest BCUT2D eigenvalue weighted by atomic mass is 9.92. The summed E-state index contributed by atoms with van der Waals surface area (Å²) in [6.45, 7) is 2.03. The molecule has 0 aliphatic heterocycles. The van der Waals surface area contributed by atoms with Crippen molar-refractivity contribution < 1.29 is 10.0 Å². The molecule has 2 rings (SSSR count). The molecule has 0 spiro atoms. The topological polar surface area (TPSA) is 99.2 Å². The predicted molar refractivity (Wildman–Crippen MR) is 86.9 cm³/mol. The van der Waals surface area contributed by atoms with Gasteiger partial charge in [-0.1, -0.05) is 30.3 Å². The van der Waals surface area contributed by atoms with Gasteiger partial charge in [-0.3, -0.25) is 10.1 Å². The van der Waals surface area contributed by atoms with E-state index in [-0.39, 0.29) is 11.4 Å². The van der Waals surface area contributed by atoms with Gasteiger partial charge in [0.15, 0.2) is 0 Å². The first-order valence-corrected chi connectivity index (χ1v) is 7.14. The zero-order valence-electron chi connectivity index (χ0n) is 12.7. The molecular formula is C17H17N3O3. The molecule has 0 amide bonds. The van der Waals surface area contributed by atoms with E-state index in [1.54, 1.807) is 6.92 Å². The summed E-state index contributed by atoms with van der Waals surface area (Å²) in [5.41, 5.74) is 0.256. The van der Waals surface area contributed by atoms with Crippen LogP contribution in [0.4, 0.5) is 11.4 Å². The Hall–Kier alpha value is -2.91. The van der Waals surface area contributed by atoms with Crippen LogP contribution in [0.2, 0.25) is 0 Å². The van der Waals surface area contributed by atoms with Crippen LogP contribution < -0.4 is 5.32 Å². The van der Waals surface area contributed by atoms with Crippen LogP contribution in [0.25, 0.3) is 0 Å². The normalized spacial score (nSPS) is 12.9. The van der Waals surface area contributed by atoms with Gasteiger partial charge in [-0.15, -0.1) is 0 Å². The lowest BCUT2D eigenvalue weighted by Crippen LogP contribution is -2.24. The van der Waals surface area contributed by atoms with E-state index < -0.39 is 10.5 Å². The van der Waals surface area contributed by atoms with Crippen LogP contribution in [-0.2, 0) is 5.60 Å². The molecule has 6 nitrogen and oxygen atoms in total. The minimum Gasteiger partial charge on any atom is -0.385 e. The molecule has 2 N–H and O–H groups in total. The second-order valence-corrected chi connectivity index (χ2v) is 5.42. The Bertz CT molecular complexity index is 736. The fraction of sp³-hybridized carbons (Fsp3) is 0.235. The minimum atomic E-state index is -1.05. The van der Waals surface area contributed by atoms with Crippen LogP contribution in [0.15, 0.2) is 48.5 Å². The van der Waals surface area contributed by atoms with E-state index in [1.807, 2.05) is 36.4 Å². The first-order valence-electron chi connectivity index (χ1n) is 7.14. The first kappa shape index (κ1) is 16.5. The quantitative estimate of drug-likeness (QED) is 0.630. The van der Waals surface area contributed by atoms with Crippen molar-refractivity contribution in [3.8, 4) is 6.07 Å². The minimum absolute atomic E-state index is 0.0941. The second-order valence-electron chi connectivity index (χ2n) is 5.42. The Kier molecular flexibility index (Phi) is 4.94. The van der Waals surface area contributed by atoms with Gasteiger partial charge in [-0.25, -0.2) is 0 Å². The number of nitriles is 1. The first-order chi connectivity index (χ1) is 10.9. The molecular weight excluding hydrogens is 294 g/mol. The number of hydrogen-bond donors (Lipinski definition) is 2. The standard InChI is InChI=1S/C17H17N3O3/c1-17(21,14-5-3-2-4-6-14)9-10-19-15-11-13(12-18)7-8-16(15)20(22)23/h2-8,11,19,21H,9-10H2,1H3. The summed E-state index contributed by atoms with van der Waals surface area (Å²) in [6.07, 6.45) is 0.366. The summed E-state index contributed by atoms with van der Waals surface area (Å²) in [7, 11) is 0. The molecule has 0 saturated heterocycles. The van der Waals surface area contributed by atoms with E-state index in [0.717, 1.165) is 5.56 Å². The van der Waals surface area contributed by atoms with E-state index in [9.17, 15) is 15.2 Å². The highest BCUT2D eigenvalue weighted by atomic mass is 16.6. The molecule has 0 aliphatic rings. The van der Waals surface area contributed by atoms with E-state index in [2.05, 4.69) is 5.32 Å². The molecule has 6 heteroatoms. The molecule has 0 radical (unpaired) electrons. The number of benzene rings is 2. The summed E-state index contributed by atoms with van der Waals surface area (Å²) in [6, 6.07) is 15.3. The van der Waals surface area contributed by atoms with Crippen LogP contribution in [-0.4, -0.2) is 16.6 Å². The summed E-state index contributed by atoms with van der Waals surface area (Å²) in [5.74, 6) is 0. The van der Waals surface area contributed by atoms with Crippen molar-refractivity contribution in [2.45, 2.75) is 18.9 Å². The Morgan fingerprint density at radius 3 is 2.61 bits per heavy atom. The highest BCUT2D eigenvalue weighted by Gasteiger charge is 2.23. The van der Waals surface area contributed by atoms with E-state index in [0.29, 0.717) is 18.5 Å². The van der Waals surface area contributed by atoms with Crippen molar-refractivity contribution in [3.05, 3.63) is 69.8 Å². The highest BCUT2D eigenvalue weighted by molar-refractivity contribution is 5.64. The third-order valence-corrected chi connectivity index (χ3v) is 3.65. The van der Waals surface area contributed by atoms with Gasteiger partial charge >= 0.3 is 0 Å². The van der Waals surface area contributed by atoms with Gasteiger partial charge in [-0.2, -0.15) is 5.26 Å². The van der Waals surface area contributed by atoms with Gasteiger partial charge < -0.3 is 10.4 Å². The number of hydrogen-bond acceptors (Lipinski definition) is 5.